The molecule has 1 amide bonds. The van der Waals surface area contributed by atoms with Crippen molar-refractivity contribution in [3.63, 3.8) is 0 Å². The molecule has 0 aliphatic rings. The Labute approximate surface area is 110 Å². The monoisotopic (exact) mass is 261 g/mol. The minimum atomic E-state index is -0.0723. The highest BCUT2D eigenvalue weighted by molar-refractivity contribution is 7.09. The van der Waals surface area contributed by atoms with Crippen LogP contribution in [0.15, 0.2) is 30.0 Å². The molecule has 4 nitrogen and oxygen atoms in total. The number of hydrogen-bond donors (Lipinski definition) is 1. The molecule has 2 aromatic rings. The molecule has 2 rings (SSSR count). The molecule has 94 valence electrons. The van der Waals surface area contributed by atoms with Crippen molar-refractivity contribution in [1.29, 1.82) is 0 Å². The summed E-state index contributed by atoms with van der Waals surface area (Å²) in [5.41, 5.74) is 1.55. The van der Waals surface area contributed by atoms with E-state index in [9.17, 15) is 4.79 Å². The molecule has 0 bridgehead atoms. The Kier molecular flexibility index (Phi) is 4.04. The molecule has 0 spiro atoms. The van der Waals surface area contributed by atoms with Crippen molar-refractivity contribution >= 4 is 17.2 Å². The first-order valence-corrected chi connectivity index (χ1v) is 6.71. The lowest BCUT2D eigenvalue weighted by Gasteiger charge is -2.15. The van der Waals surface area contributed by atoms with Gasteiger partial charge in [-0.2, -0.15) is 0 Å². The minimum Gasteiger partial charge on any atom is -0.343 e. The average Bonchev–Trinajstić information content (AvgIpc) is 2.90. The van der Waals surface area contributed by atoms with Gasteiger partial charge in [0.25, 0.3) is 5.91 Å². The number of aryl methyl sites for hydroxylation is 1. The smallest absolute Gasteiger partial charge is 0.252 e. The number of pyridine rings is 1. The summed E-state index contributed by atoms with van der Waals surface area (Å²) in [6.07, 6.45) is 5.90. The largest absolute Gasteiger partial charge is 0.343 e. The standard InChI is InChI=1S/C13H15N3OS/c1-3-11(13-15-6-7-18-13)16-12(17)10-4-5-14-8-9(10)2/h4-8,11H,3H2,1-2H3,(H,16,17)/t11-/m1/s1. The second-order valence-electron chi connectivity index (χ2n) is 4.00. The van der Waals surface area contributed by atoms with Gasteiger partial charge in [-0.25, -0.2) is 4.98 Å². The third-order valence-corrected chi connectivity index (χ3v) is 3.62. The first-order chi connectivity index (χ1) is 8.72. The molecule has 0 saturated carbocycles. The van der Waals surface area contributed by atoms with E-state index in [0.717, 1.165) is 17.0 Å². The van der Waals surface area contributed by atoms with Crippen molar-refractivity contribution in [2.45, 2.75) is 26.3 Å². The van der Waals surface area contributed by atoms with Gasteiger partial charge in [0.05, 0.1) is 6.04 Å². The number of amides is 1. The first-order valence-electron chi connectivity index (χ1n) is 5.83. The average molecular weight is 261 g/mol. The highest BCUT2D eigenvalue weighted by Gasteiger charge is 2.17. The number of nitrogens with one attached hydrogen (secondary N) is 1. The van der Waals surface area contributed by atoms with Gasteiger partial charge < -0.3 is 5.32 Å². The van der Waals surface area contributed by atoms with E-state index >= 15 is 0 Å². The molecule has 5 heteroatoms. The van der Waals surface area contributed by atoms with E-state index in [1.54, 1.807) is 36.0 Å². The van der Waals surface area contributed by atoms with Crippen LogP contribution in [0.1, 0.15) is 40.3 Å². The topological polar surface area (TPSA) is 54.9 Å². The Morgan fingerprint density at radius 1 is 1.50 bits per heavy atom. The summed E-state index contributed by atoms with van der Waals surface area (Å²) in [5.74, 6) is -0.0723. The zero-order valence-corrected chi connectivity index (χ0v) is 11.2. The summed E-state index contributed by atoms with van der Waals surface area (Å²) in [5, 5.41) is 5.87. The fourth-order valence-electron chi connectivity index (χ4n) is 1.71. The number of aromatic nitrogens is 2. The van der Waals surface area contributed by atoms with Crippen LogP contribution in [0.5, 0.6) is 0 Å². The van der Waals surface area contributed by atoms with E-state index in [2.05, 4.69) is 15.3 Å². The van der Waals surface area contributed by atoms with Crippen LogP contribution in [0.2, 0.25) is 0 Å². The molecular formula is C13H15N3OS. The van der Waals surface area contributed by atoms with Crippen molar-refractivity contribution in [3.8, 4) is 0 Å². The highest BCUT2D eigenvalue weighted by atomic mass is 32.1. The number of rotatable bonds is 4. The maximum atomic E-state index is 12.2. The zero-order valence-electron chi connectivity index (χ0n) is 10.4. The van der Waals surface area contributed by atoms with Crippen molar-refractivity contribution in [2.24, 2.45) is 0 Å². The Morgan fingerprint density at radius 3 is 2.94 bits per heavy atom. The van der Waals surface area contributed by atoms with Gasteiger partial charge in [-0.1, -0.05) is 6.92 Å². The van der Waals surface area contributed by atoms with Crippen LogP contribution in [0.3, 0.4) is 0 Å². The Morgan fingerprint density at radius 2 is 2.33 bits per heavy atom. The van der Waals surface area contributed by atoms with E-state index in [1.165, 1.54) is 0 Å². The van der Waals surface area contributed by atoms with Crippen molar-refractivity contribution in [2.75, 3.05) is 0 Å². The third kappa shape index (κ3) is 2.73. The summed E-state index contributed by atoms with van der Waals surface area (Å²) in [6.45, 7) is 3.91. The van der Waals surface area contributed by atoms with Crippen molar-refractivity contribution in [3.05, 3.63) is 46.2 Å². The van der Waals surface area contributed by atoms with Crippen LogP contribution < -0.4 is 5.32 Å². The minimum absolute atomic E-state index is 0.0231. The van der Waals surface area contributed by atoms with Crippen molar-refractivity contribution < 1.29 is 4.79 Å². The number of carbonyl (C=O) groups is 1. The molecule has 0 aliphatic heterocycles. The van der Waals surface area contributed by atoms with Crippen LogP contribution >= 0.6 is 11.3 Å². The van der Waals surface area contributed by atoms with Crippen LogP contribution in [0.25, 0.3) is 0 Å². The second-order valence-corrected chi connectivity index (χ2v) is 4.92. The molecule has 0 aromatic carbocycles. The fraction of sp³-hybridized carbons (Fsp3) is 0.308. The zero-order chi connectivity index (χ0) is 13.0. The van der Waals surface area contributed by atoms with Crippen LogP contribution in [0, 0.1) is 6.92 Å². The molecular weight excluding hydrogens is 246 g/mol. The lowest BCUT2D eigenvalue weighted by molar-refractivity contribution is 0.0935. The van der Waals surface area contributed by atoms with Gasteiger partial charge in [-0.3, -0.25) is 9.78 Å². The molecule has 0 fully saturated rings. The maximum absolute atomic E-state index is 12.2. The molecule has 18 heavy (non-hydrogen) atoms. The predicted molar refractivity (Wildman–Crippen MR) is 71.6 cm³/mol. The summed E-state index contributed by atoms with van der Waals surface area (Å²) >= 11 is 1.56. The summed E-state index contributed by atoms with van der Waals surface area (Å²) in [6, 6.07) is 1.71. The molecule has 0 aliphatic carbocycles. The number of hydrogen-bond acceptors (Lipinski definition) is 4. The Hall–Kier alpha value is -1.75. The summed E-state index contributed by atoms with van der Waals surface area (Å²) < 4.78 is 0. The fourth-order valence-corrected chi connectivity index (χ4v) is 2.48. The lowest BCUT2D eigenvalue weighted by atomic mass is 10.1. The molecule has 1 N–H and O–H groups in total. The first kappa shape index (κ1) is 12.7. The van der Waals surface area contributed by atoms with Crippen molar-refractivity contribution in [1.82, 2.24) is 15.3 Å². The van der Waals surface area contributed by atoms with Crippen LogP contribution in [0.4, 0.5) is 0 Å². The van der Waals surface area contributed by atoms with Gasteiger partial charge in [-0.05, 0) is 25.0 Å². The normalized spacial score (nSPS) is 12.1. The van der Waals surface area contributed by atoms with Crippen LogP contribution in [-0.4, -0.2) is 15.9 Å². The molecule has 0 radical (unpaired) electrons. The predicted octanol–water partition coefficient (Wildman–Crippen LogP) is 2.73. The number of carbonyl (C=O) groups excluding carboxylic acids is 1. The quantitative estimate of drug-likeness (QED) is 0.920. The molecule has 2 heterocycles. The van der Waals surface area contributed by atoms with Gasteiger partial charge in [0.15, 0.2) is 0 Å². The van der Waals surface area contributed by atoms with Gasteiger partial charge in [0.1, 0.15) is 5.01 Å². The SMILES string of the molecule is CC[C@@H](NC(=O)c1ccncc1C)c1nccs1. The Balaban J connectivity index is 2.14. The second kappa shape index (κ2) is 5.73. The van der Waals surface area contributed by atoms with E-state index in [1.807, 2.05) is 19.2 Å². The molecule has 0 saturated heterocycles. The summed E-state index contributed by atoms with van der Waals surface area (Å²) in [4.78, 5) is 20.4. The van der Waals surface area contributed by atoms with Crippen LogP contribution in [-0.2, 0) is 0 Å². The number of thiazole rings is 1. The van der Waals surface area contributed by atoms with E-state index in [0.29, 0.717) is 5.56 Å². The van der Waals surface area contributed by atoms with Gasteiger partial charge in [0.2, 0.25) is 0 Å². The molecule has 0 unspecified atom stereocenters. The van der Waals surface area contributed by atoms with Gasteiger partial charge in [-0.15, -0.1) is 11.3 Å². The third-order valence-electron chi connectivity index (χ3n) is 2.73. The van der Waals surface area contributed by atoms with Gasteiger partial charge in [0, 0.05) is 29.5 Å². The van der Waals surface area contributed by atoms with E-state index < -0.39 is 0 Å². The number of nitrogens with zero attached hydrogens (tertiary/aromatic N) is 2. The summed E-state index contributed by atoms with van der Waals surface area (Å²) in [7, 11) is 0. The highest BCUT2D eigenvalue weighted by Crippen LogP contribution is 2.19. The maximum Gasteiger partial charge on any atom is 0.252 e. The molecule has 2 aromatic heterocycles. The van der Waals surface area contributed by atoms with E-state index in [-0.39, 0.29) is 11.9 Å². The Bertz CT molecular complexity index is 525. The van der Waals surface area contributed by atoms with E-state index in [4.69, 9.17) is 0 Å². The van der Waals surface area contributed by atoms with Gasteiger partial charge >= 0.3 is 0 Å². The lowest BCUT2D eigenvalue weighted by Crippen LogP contribution is -2.28. The molecule has 1 atom stereocenters.